The van der Waals surface area contributed by atoms with Gasteiger partial charge in [-0.05, 0) is 39.0 Å². The van der Waals surface area contributed by atoms with Crippen LogP contribution in [-0.2, 0) is 19.1 Å². The van der Waals surface area contributed by atoms with Crippen molar-refractivity contribution in [2.24, 2.45) is 0 Å². The van der Waals surface area contributed by atoms with Gasteiger partial charge in [-0.25, -0.2) is 9.59 Å². The Bertz CT molecular complexity index is 514. The predicted molar refractivity (Wildman–Crippen MR) is 81.5 cm³/mol. The largest absolute Gasteiger partial charge is 0.463 e. The Hall–Kier alpha value is -1.27. The molecule has 1 rings (SSSR count). The molecule has 0 fully saturated rings. The molecule has 0 spiro atoms. The van der Waals surface area contributed by atoms with Gasteiger partial charge < -0.3 is 14.2 Å². The number of benzene rings is 1. The van der Waals surface area contributed by atoms with Crippen LogP contribution in [0.1, 0.15) is 20.8 Å². The van der Waals surface area contributed by atoms with E-state index in [0.717, 1.165) is 4.47 Å². The van der Waals surface area contributed by atoms with Gasteiger partial charge in [0.05, 0.1) is 18.2 Å². The SMILES string of the molecule is CCOC(=O)C(C)(Oc1ccc(Br)cc1Cl)C(=O)OCC. The molecule has 0 amide bonds. The number of esters is 2. The second-order valence-corrected chi connectivity index (χ2v) is 5.47. The van der Waals surface area contributed by atoms with Crippen molar-refractivity contribution >= 4 is 39.5 Å². The van der Waals surface area contributed by atoms with E-state index in [2.05, 4.69) is 15.9 Å². The van der Waals surface area contributed by atoms with Gasteiger partial charge in [0.15, 0.2) is 0 Å². The second-order valence-electron chi connectivity index (χ2n) is 4.15. The third-order valence-electron chi connectivity index (χ3n) is 2.54. The first-order valence-corrected chi connectivity index (χ1v) is 7.50. The fourth-order valence-electron chi connectivity index (χ4n) is 1.48. The van der Waals surface area contributed by atoms with Gasteiger partial charge >= 0.3 is 11.9 Å². The van der Waals surface area contributed by atoms with Crippen LogP contribution < -0.4 is 4.74 Å². The molecule has 0 saturated heterocycles. The van der Waals surface area contributed by atoms with Crippen molar-refractivity contribution in [1.82, 2.24) is 0 Å². The van der Waals surface area contributed by atoms with Crippen LogP contribution in [0.4, 0.5) is 0 Å². The van der Waals surface area contributed by atoms with Crippen LogP contribution in [0.3, 0.4) is 0 Å². The molecule has 0 aliphatic heterocycles. The number of carbonyl (C=O) groups is 2. The summed E-state index contributed by atoms with van der Waals surface area (Å²) in [4.78, 5) is 24.1. The molecular weight excluding hydrogens is 364 g/mol. The van der Waals surface area contributed by atoms with E-state index in [9.17, 15) is 9.59 Å². The van der Waals surface area contributed by atoms with Crippen molar-refractivity contribution in [2.75, 3.05) is 13.2 Å². The van der Waals surface area contributed by atoms with Crippen molar-refractivity contribution in [1.29, 1.82) is 0 Å². The summed E-state index contributed by atoms with van der Waals surface area (Å²) in [7, 11) is 0. The fourth-order valence-corrected chi connectivity index (χ4v) is 2.19. The van der Waals surface area contributed by atoms with Gasteiger partial charge in [0.25, 0.3) is 5.60 Å². The third-order valence-corrected chi connectivity index (χ3v) is 3.33. The molecule has 0 saturated carbocycles. The van der Waals surface area contributed by atoms with Gasteiger partial charge in [-0.1, -0.05) is 27.5 Å². The highest BCUT2D eigenvalue weighted by Gasteiger charge is 2.47. The van der Waals surface area contributed by atoms with Crippen molar-refractivity contribution in [3.05, 3.63) is 27.7 Å². The molecule has 0 heterocycles. The Labute approximate surface area is 136 Å². The molecule has 1 aromatic rings. The summed E-state index contributed by atoms with van der Waals surface area (Å²) in [5.74, 6) is -1.48. The first-order chi connectivity index (χ1) is 9.85. The zero-order chi connectivity index (χ0) is 16.0. The lowest BCUT2D eigenvalue weighted by Crippen LogP contribution is -2.51. The summed E-state index contributed by atoms with van der Waals surface area (Å²) in [5, 5.41) is 0.254. The van der Waals surface area contributed by atoms with Gasteiger partial charge in [-0.3, -0.25) is 0 Å². The molecule has 0 aliphatic carbocycles. The van der Waals surface area contributed by atoms with E-state index < -0.39 is 17.5 Å². The van der Waals surface area contributed by atoms with E-state index in [4.69, 9.17) is 25.8 Å². The van der Waals surface area contributed by atoms with Gasteiger partial charge in [-0.2, -0.15) is 0 Å². The van der Waals surface area contributed by atoms with E-state index in [1.165, 1.54) is 6.92 Å². The van der Waals surface area contributed by atoms with E-state index >= 15 is 0 Å². The minimum atomic E-state index is -1.91. The first-order valence-electron chi connectivity index (χ1n) is 6.33. The second kappa shape index (κ2) is 7.66. The lowest BCUT2D eigenvalue weighted by Gasteiger charge is -2.26. The van der Waals surface area contributed by atoms with Crippen LogP contribution in [0.5, 0.6) is 5.75 Å². The Morgan fingerprint density at radius 2 is 1.71 bits per heavy atom. The number of hydrogen-bond donors (Lipinski definition) is 0. The van der Waals surface area contributed by atoms with Gasteiger partial charge in [0, 0.05) is 4.47 Å². The summed E-state index contributed by atoms with van der Waals surface area (Å²) in [6.45, 7) is 4.80. The van der Waals surface area contributed by atoms with Crippen LogP contribution in [-0.4, -0.2) is 30.8 Å². The third kappa shape index (κ3) is 4.35. The Balaban J connectivity index is 3.12. The number of halogens is 2. The summed E-state index contributed by atoms with van der Waals surface area (Å²) >= 11 is 9.30. The average Bonchev–Trinajstić information content (AvgIpc) is 2.42. The highest BCUT2D eigenvalue weighted by molar-refractivity contribution is 9.10. The number of ether oxygens (including phenoxy) is 3. The lowest BCUT2D eigenvalue weighted by molar-refractivity contribution is -0.177. The Morgan fingerprint density at radius 1 is 1.19 bits per heavy atom. The Kier molecular flexibility index (Phi) is 6.48. The van der Waals surface area contributed by atoms with Gasteiger partial charge in [0.2, 0.25) is 0 Å². The molecule has 116 valence electrons. The van der Waals surface area contributed by atoms with Crippen LogP contribution in [0.2, 0.25) is 5.02 Å². The smallest absolute Gasteiger partial charge is 0.362 e. The molecule has 1 aromatic carbocycles. The predicted octanol–water partition coefficient (Wildman–Crippen LogP) is 3.37. The van der Waals surface area contributed by atoms with E-state index in [0.29, 0.717) is 0 Å². The summed E-state index contributed by atoms with van der Waals surface area (Å²) < 4.78 is 16.0. The fraction of sp³-hybridized carbons (Fsp3) is 0.429. The molecule has 0 atom stereocenters. The van der Waals surface area contributed by atoms with Crippen molar-refractivity contribution < 1.29 is 23.8 Å². The monoisotopic (exact) mass is 378 g/mol. The quantitative estimate of drug-likeness (QED) is 0.560. The van der Waals surface area contributed by atoms with Crippen LogP contribution >= 0.6 is 27.5 Å². The zero-order valence-electron chi connectivity index (χ0n) is 11.9. The molecule has 21 heavy (non-hydrogen) atoms. The topological polar surface area (TPSA) is 61.8 Å². The molecule has 5 nitrogen and oxygen atoms in total. The van der Waals surface area contributed by atoms with Gasteiger partial charge in [0.1, 0.15) is 5.75 Å². The molecule has 0 unspecified atom stereocenters. The average molecular weight is 380 g/mol. The highest BCUT2D eigenvalue weighted by Crippen LogP contribution is 2.31. The number of rotatable bonds is 6. The Morgan fingerprint density at radius 3 is 2.14 bits per heavy atom. The molecule has 0 radical (unpaired) electrons. The minimum absolute atomic E-state index is 0.116. The lowest BCUT2D eigenvalue weighted by atomic mass is 10.1. The van der Waals surface area contributed by atoms with Crippen LogP contribution in [0.15, 0.2) is 22.7 Å². The maximum Gasteiger partial charge on any atom is 0.362 e. The molecule has 0 bridgehead atoms. The number of hydrogen-bond acceptors (Lipinski definition) is 5. The zero-order valence-corrected chi connectivity index (χ0v) is 14.3. The van der Waals surface area contributed by atoms with Crippen molar-refractivity contribution in [2.45, 2.75) is 26.4 Å². The summed E-state index contributed by atoms with van der Waals surface area (Å²) in [6.07, 6.45) is 0. The minimum Gasteiger partial charge on any atom is -0.463 e. The highest BCUT2D eigenvalue weighted by atomic mass is 79.9. The van der Waals surface area contributed by atoms with Gasteiger partial charge in [-0.15, -0.1) is 0 Å². The molecule has 7 heteroatoms. The standard InChI is InChI=1S/C14H16BrClO5/c1-4-19-12(17)14(3,13(18)20-5-2)21-11-7-6-9(15)8-10(11)16/h6-8H,4-5H2,1-3H3. The van der Waals surface area contributed by atoms with E-state index in [1.54, 1.807) is 32.0 Å². The number of carbonyl (C=O) groups excluding carboxylic acids is 2. The molecular formula is C14H16BrClO5. The van der Waals surface area contributed by atoms with Crippen molar-refractivity contribution in [3.63, 3.8) is 0 Å². The summed E-state index contributed by atoms with van der Waals surface area (Å²) in [6, 6.07) is 4.81. The maximum atomic E-state index is 12.1. The van der Waals surface area contributed by atoms with E-state index in [1.807, 2.05) is 0 Å². The van der Waals surface area contributed by atoms with Crippen LogP contribution in [0, 0.1) is 0 Å². The van der Waals surface area contributed by atoms with Crippen LogP contribution in [0.25, 0.3) is 0 Å². The molecule has 0 N–H and O–H groups in total. The summed E-state index contributed by atoms with van der Waals surface area (Å²) in [5.41, 5.74) is -1.91. The van der Waals surface area contributed by atoms with E-state index in [-0.39, 0.29) is 24.0 Å². The first kappa shape index (κ1) is 17.8. The molecule has 0 aliphatic rings. The normalized spacial score (nSPS) is 10.9. The molecule has 0 aromatic heterocycles. The van der Waals surface area contributed by atoms with Crippen molar-refractivity contribution in [3.8, 4) is 5.75 Å². The maximum absolute atomic E-state index is 12.1.